The van der Waals surface area contributed by atoms with Crippen LogP contribution in [0.2, 0.25) is 0 Å². The highest BCUT2D eigenvalue weighted by molar-refractivity contribution is 5.82. The van der Waals surface area contributed by atoms with Gasteiger partial charge in [-0.3, -0.25) is 18.7 Å². The highest BCUT2D eigenvalue weighted by Crippen LogP contribution is 2.19. The minimum Gasteiger partial charge on any atom is -0.354 e. The number of fused-ring (bicyclic) bond motifs is 1. The van der Waals surface area contributed by atoms with E-state index < -0.39 is 17.3 Å². The molecule has 1 aliphatic rings. The van der Waals surface area contributed by atoms with Crippen LogP contribution in [0.25, 0.3) is 11.2 Å². The number of allylic oxidation sites excluding steroid dienone is 1. The van der Waals surface area contributed by atoms with Crippen LogP contribution in [0.15, 0.2) is 27.6 Å². The molecule has 1 atom stereocenters. The van der Waals surface area contributed by atoms with Crippen molar-refractivity contribution in [1.82, 2.24) is 24.0 Å². The molecule has 140 valence electrons. The lowest BCUT2D eigenvalue weighted by Gasteiger charge is -2.16. The van der Waals surface area contributed by atoms with Gasteiger partial charge in [0.2, 0.25) is 5.91 Å². The zero-order chi connectivity index (χ0) is 18.8. The average molecular weight is 359 g/mol. The predicted octanol–water partition coefficient (Wildman–Crippen LogP) is 1.00. The van der Waals surface area contributed by atoms with E-state index in [1.165, 1.54) is 40.9 Å². The van der Waals surface area contributed by atoms with E-state index >= 15 is 0 Å². The fourth-order valence-corrected chi connectivity index (χ4v) is 3.41. The van der Waals surface area contributed by atoms with Crippen molar-refractivity contribution in [3.05, 3.63) is 38.8 Å². The number of imidazole rings is 1. The minimum atomic E-state index is -0.592. The molecule has 2 aromatic rings. The Hall–Kier alpha value is -2.64. The number of aryl methyl sites for hydroxylation is 1. The summed E-state index contributed by atoms with van der Waals surface area (Å²) in [4.78, 5) is 41.2. The summed E-state index contributed by atoms with van der Waals surface area (Å²) in [5, 5.41) is 2.94. The maximum Gasteiger partial charge on any atom is 0.332 e. The molecular formula is C18H25N5O3. The van der Waals surface area contributed by atoms with E-state index in [0.717, 1.165) is 23.8 Å². The topological polar surface area (TPSA) is 90.9 Å². The summed E-state index contributed by atoms with van der Waals surface area (Å²) in [7, 11) is 2.98. The number of rotatable bonds is 5. The molecule has 26 heavy (non-hydrogen) atoms. The quantitative estimate of drug-likeness (QED) is 0.807. The van der Waals surface area contributed by atoms with Crippen molar-refractivity contribution in [2.24, 2.45) is 14.1 Å². The van der Waals surface area contributed by atoms with E-state index in [9.17, 15) is 14.4 Å². The Morgan fingerprint density at radius 2 is 2.04 bits per heavy atom. The molecule has 1 aliphatic carbocycles. The lowest BCUT2D eigenvalue weighted by molar-refractivity contribution is -0.123. The zero-order valence-corrected chi connectivity index (χ0v) is 15.5. The predicted molar refractivity (Wildman–Crippen MR) is 99.1 cm³/mol. The molecule has 1 N–H and O–H groups in total. The molecule has 1 unspecified atom stereocenters. The third kappa shape index (κ3) is 3.23. The Labute approximate surface area is 151 Å². The van der Waals surface area contributed by atoms with Crippen LogP contribution < -0.4 is 16.6 Å². The van der Waals surface area contributed by atoms with Gasteiger partial charge in [-0.15, -0.1) is 0 Å². The second-order valence-electron chi connectivity index (χ2n) is 6.85. The Balaban J connectivity index is 1.78. The third-order valence-electron chi connectivity index (χ3n) is 5.10. The molecule has 2 heterocycles. The molecule has 0 saturated heterocycles. The molecule has 2 aromatic heterocycles. The third-order valence-corrected chi connectivity index (χ3v) is 5.10. The van der Waals surface area contributed by atoms with Gasteiger partial charge in [-0.05, 0) is 39.0 Å². The van der Waals surface area contributed by atoms with Gasteiger partial charge in [0.05, 0.1) is 6.33 Å². The van der Waals surface area contributed by atoms with Gasteiger partial charge in [0.1, 0.15) is 6.04 Å². The Kier molecular flexibility index (Phi) is 5.11. The van der Waals surface area contributed by atoms with Gasteiger partial charge < -0.3 is 9.88 Å². The van der Waals surface area contributed by atoms with E-state index in [2.05, 4.69) is 16.4 Å². The number of amides is 1. The largest absolute Gasteiger partial charge is 0.354 e. The molecule has 3 rings (SSSR count). The van der Waals surface area contributed by atoms with Crippen molar-refractivity contribution in [1.29, 1.82) is 0 Å². The van der Waals surface area contributed by atoms with Crippen LogP contribution in [0.4, 0.5) is 0 Å². The summed E-state index contributed by atoms with van der Waals surface area (Å²) < 4.78 is 3.88. The second-order valence-corrected chi connectivity index (χ2v) is 6.85. The van der Waals surface area contributed by atoms with Crippen LogP contribution in [0.5, 0.6) is 0 Å². The van der Waals surface area contributed by atoms with Crippen molar-refractivity contribution in [2.75, 3.05) is 6.54 Å². The van der Waals surface area contributed by atoms with Crippen molar-refractivity contribution >= 4 is 17.1 Å². The number of carbonyl (C=O) groups excluding carboxylic acids is 1. The number of nitrogens with zero attached hydrogens (tertiary/aromatic N) is 4. The van der Waals surface area contributed by atoms with Crippen LogP contribution in [0.1, 0.15) is 45.1 Å². The molecule has 0 aliphatic heterocycles. The molecule has 0 aromatic carbocycles. The molecule has 0 spiro atoms. The van der Waals surface area contributed by atoms with Gasteiger partial charge in [-0.2, -0.15) is 0 Å². The first-order chi connectivity index (χ1) is 12.4. The standard InChI is InChI=1S/C18H25N5O3/c1-12(16(24)19-10-9-13-7-5-4-6-8-13)23-11-20-15-14(23)17(25)22(3)18(26)21(15)2/h7,11-12H,4-6,8-10H2,1-3H3,(H,19,24). The maximum atomic E-state index is 12.5. The fourth-order valence-electron chi connectivity index (χ4n) is 3.41. The van der Waals surface area contributed by atoms with E-state index in [1.807, 2.05) is 0 Å². The van der Waals surface area contributed by atoms with Gasteiger partial charge in [0.25, 0.3) is 5.56 Å². The minimum absolute atomic E-state index is 0.170. The molecule has 0 fully saturated rings. The lowest BCUT2D eigenvalue weighted by Crippen LogP contribution is -2.38. The summed E-state index contributed by atoms with van der Waals surface area (Å²) in [5.74, 6) is -0.170. The Bertz CT molecular complexity index is 979. The van der Waals surface area contributed by atoms with Gasteiger partial charge in [-0.1, -0.05) is 11.6 Å². The fraction of sp³-hybridized carbons (Fsp3) is 0.556. The first kappa shape index (κ1) is 18.2. The molecule has 0 radical (unpaired) electrons. The van der Waals surface area contributed by atoms with Gasteiger partial charge in [0.15, 0.2) is 11.2 Å². The van der Waals surface area contributed by atoms with E-state index in [4.69, 9.17) is 0 Å². The first-order valence-electron chi connectivity index (χ1n) is 9.00. The Morgan fingerprint density at radius 3 is 2.73 bits per heavy atom. The maximum absolute atomic E-state index is 12.5. The smallest absolute Gasteiger partial charge is 0.332 e. The van der Waals surface area contributed by atoms with Crippen LogP contribution in [-0.2, 0) is 18.9 Å². The van der Waals surface area contributed by atoms with Crippen LogP contribution >= 0.6 is 0 Å². The molecule has 8 nitrogen and oxygen atoms in total. The number of aromatic nitrogens is 4. The summed E-state index contributed by atoms with van der Waals surface area (Å²) >= 11 is 0. The van der Waals surface area contributed by atoms with Crippen molar-refractivity contribution in [2.45, 2.75) is 45.1 Å². The highest BCUT2D eigenvalue weighted by Gasteiger charge is 2.21. The SMILES string of the molecule is CC(C(=O)NCCC1=CCCCC1)n1cnc2c1c(=O)n(C)c(=O)n2C. The van der Waals surface area contributed by atoms with E-state index in [-0.39, 0.29) is 17.1 Å². The number of hydrogen-bond acceptors (Lipinski definition) is 4. The summed E-state index contributed by atoms with van der Waals surface area (Å²) in [6, 6.07) is -0.592. The van der Waals surface area contributed by atoms with E-state index in [1.54, 1.807) is 14.0 Å². The molecule has 0 bridgehead atoms. The van der Waals surface area contributed by atoms with Gasteiger partial charge in [-0.25, -0.2) is 9.78 Å². The Morgan fingerprint density at radius 1 is 1.27 bits per heavy atom. The molecule has 1 amide bonds. The normalized spacial score (nSPS) is 15.7. The van der Waals surface area contributed by atoms with Gasteiger partial charge >= 0.3 is 5.69 Å². The first-order valence-corrected chi connectivity index (χ1v) is 9.00. The summed E-state index contributed by atoms with van der Waals surface area (Å²) in [6.45, 7) is 2.30. The van der Waals surface area contributed by atoms with Crippen molar-refractivity contribution in [3.63, 3.8) is 0 Å². The summed E-state index contributed by atoms with van der Waals surface area (Å²) in [5.41, 5.74) is 1.05. The molecule has 8 heteroatoms. The van der Waals surface area contributed by atoms with Crippen molar-refractivity contribution in [3.8, 4) is 0 Å². The van der Waals surface area contributed by atoms with Crippen LogP contribution in [0, 0.1) is 0 Å². The molecule has 0 saturated carbocycles. The number of nitrogens with one attached hydrogen (secondary N) is 1. The van der Waals surface area contributed by atoms with Crippen LogP contribution in [0.3, 0.4) is 0 Å². The monoisotopic (exact) mass is 359 g/mol. The summed E-state index contributed by atoms with van der Waals surface area (Å²) in [6.07, 6.45) is 9.28. The van der Waals surface area contributed by atoms with E-state index in [0.29, 0.717) is 6.54 Å². The number of carbonyl (C=O) groups is 1. The second kappa shape index (κ2) is 7.31. The zero-order valence-electron chi connectivity index (χ0n) is 15.5. The average Bonchev–Trinajstić information content (AvgIpc) is 3.10. The lowest BCUT2D eigenvalue weighted by atomic mass is 9.97. The number of hydrogen-bond donors (Lipinski definition) is 1. The van der Waals surface area contributed by atoms with Gasteiger partial charge in [0, 0.05) is 20.6 Å². The molecular weight excluding hydrogens is 334 g/mol. The highest BCUT2D eigenvalue weighted by atomic mass is 16.2. The van der Waals surface area contributed by atoms with Crippen LogP contribution in [-0.4, -0.2) is 31.1 Å². The van der Waals surface area contributed by atoms with Crippen molar-refractivity contribution < 1.29 is 4.79 Å².